The maximum absolute atomic E-state index is 4.71. The Labute approximate surface area is 157 Å². The van der Waals surface area contributed by atoms with E-state index in [1.807, 2.05) is 30.9 Å². The van der Waals surface area contributed by atoms with Crippen LogP contribution in [0.4, 0.5) is 0 Å². The van der Waals surface area contributed by atoms with Crippen molar-refractivity contribution in [2.24, 2.45) is 12.0 Å². The highest BCUT2D eigenvalue weighted by molar-refractivity contribution is 5.80. The fraction of sp³-hybridized carbons (Fsp3) is 0.550. The molecule has 2 heterocycles. The number of nitrogens with zero attached hydrogens (tertiary/aromatic N) is 4. The molecule has 0 aliphatic carbocycles. The first-order chi connectivity index (χ1) is 12.4. The summed E-state index contributed by atoms with van der Waals surface area (Å²) in [4.78, 5) is 9.05. The number of aromatic nitrogens is 3. The van der Waals surface area contributed by atoms with Gasteiger partial charge in [0, 0.05) is 43.8 Å². The highest BCUT2D eigenvalue weighted by Gasteiger charge is 2.13. The van der Waals surface area contributed by atoms with Gasteiger partial charge in [-0.2, -0.15) is 5.10 Å². The van der Waals surface area contributed by atoms with Gasteiger partial charge in [0.15, 0.2) is 5.96 Å². The van der Waals surface area contributed by atoms with Crippen LogP contribution in [0.25, 0.3) is 0 Å². The van der Waals surface area contributed by atoms with Crippen LogP contribution >= 0.6 is 0 Å². The lowest BCUT2D eigenvalue weighted by Gasteiger charge is -2.18. The second-order valence-corrected chi connectivity index (χ2v) is 6.84. The molecule has 2 N–H and O–H groups in total. The van der Waals surface area contributed by atoms with Crippen LogP contribution in [0.1, 0.15) is 42.1 Å². The third kappa shape index (κ3) is 5.58. The van der Waals surface area contributed by atoms with E-state index in [0.717, 1.165) is 43.3 Å². The Bertz CT molecular complexity index is 730. The van der Waals surface area contributed by atoms with Crippen LogP contribution in [0.15, 0.2) is 23.3 Å². The Balaban J connectivity index is 1.94. The predicted molar refractivity (Wildman–Crippen MR) is 108 cm³/mol. The van der Waals surface area contributed by atoms with E-state index in [1.54, 1.807) is 0 Å². The summed E-state index contributed by atoms with van der Waals surface area (Å²) in [6, 6.07) is 4.44. The molecule has 0 aromatic carbocycles. The van der Waals surface area contributed by atoms with E-state index < -0.39 is 0 Å². The van der Waals surface area contributed by atoms with Crippen LogP contribution in [-0.4, -0.2) is 39.9 Å². The highest BCUT2D eigenvalue weighted by atomic mass is 15.3. The van der Waals surface area contributed by atoms with Gasteiger partial charge in [-0.25, -0.2) is 0 Å². The number of rotatable bonds is 7. The molecule has 0 fully saturated rings. The van der Waals surface area contributed by atoms with Gasteiger partial charge in [0.05, 0.1) is 5.69 Å². The molecule has 0 aliphatic heterocycles. The summed E-state index contributed by atoms with van der Waals surface area (Å²) in [5.41, 5.74) is 5.90. The Kier molecular flexibility index (Phi) is 7.18. The van der Waals surface area contributed by atoms with E-state index in [0.29, 0.717) is 0 Å². The minimum atomic E-state index is 0.274. The zero-order chi connectivity index (χ0) is 19.1. The lowest BCUT2D eigenvalue weighted by Crippen LogP contribution is -2.43. The van der Waals surface area contributed by atoms with Gasteiger partial charge in [-0.15, -0.1) is 0 Å². The minimum absolute atomic E-state index is 0.274. The second kappa shape index (κ2) is 9.36. The van der Waals surface area contributed by atoms with E-state index >= 15 is 0 Å². The SMILES string of the molecule is CCNC(=NCCc1ccc(C)nc1)NC(C)Cc1c(C)nn(C)c1C. The van der Waals surface area contributed by atoms with Crippen LogP contribution in [0.3, 0.4) is 0 Å². The molecule has 2 aromatic rings. The second-order valence-electron chi connectivity index (χ2n) is 6.84. The Hall–Kier alpha value is -2.37. The number of pyridine rings is 1. The molecule has 1 unspecified atom stereocenters. The first-order valence-electron chi connectivity index (χ1n) is 9.36. The van der Waals surface area contributed by atoms with E-state index in [9.17, 15) is 0 Å². The summed E-state index contributed by atoms with van der Waals surface area (Å²) in [5.74, 6) is 0.860. The minimum Gasteiger partial charge on any atom is -0.357 e. The lowest BCUT2D eigenvalue weighted by atomic mass is 10.1. The normalized spacial score (nSPS) is 12.9. The highest BCUT2D eigenvalue weighted by Crippen LogP contribution is 2.14. The molecule has 1 atom stereocenters. The molecule has 0 saturated carbocycles. The van der Waals surface area contributed by atoms with E-state index in [4.69, 9.17) is 4.99 Å². The van der Waals surface area contributed by atoms with Gasteiger partial charge in [0.1, 0.15) is 0 Å². The molecular formula is C20H32N6. The predicted octanol–water partition coefficient (Wildman–Crippen LogP) is 2.47. The zero-order valence-corrected chi connectivity index (χ0v) is 16.9. The molecule has 2 aromatic heterocycles. The van der Waals surface area contributed by atoms with Gasteiger partial charge in [-0.05, 0) is 64.7 Å². The fourth-order valence-electron chi connectivity index (χ4n) is 2.97. The summed E-state index contributed by atoms with van der Waals surface area (Å²) >= 11 is 0. The first-order valence-corrected chi connectivity index (χ1v) is 9.36. The van der Waals surface area contributed by atoms with Gasteiger partial charge in [0.2, 0.25) is 0 Å². The zero-order valence-electron chi connectivity index (χ0n) is 16.9. The Morgan fingerprint density at radius 3 is 2.62 bits per heavy atom. The van der Waals surface area contributed by atoms with E-state index in [1.165, 1.54) is 16.8 Å². The number of hydrogen-bond acceptors (Lipinski definition) is 3. The van der Waals surface area contributed by atoms with Crippen molar-refractivity contribution in [3.05, 3.63) is 46.5 Å². The molecule has 6 nitrogen and oxygen atoms in total. The van der Waals surface area contributed by atoms with Crippen molar-refractivity contribution in [1.82, 2.24) is 25.4 Å². The van der Waals surface area contributed by atoms with Crippen molar-refractivity contribution in [2.45, 2.75) is 53.5 Å². The average Bonchev–Trinajstić information content (AvgIpc) is 2.83. The van der Waals surface area contributed by atoms with Crippen LogP contribution in [0, 0.1) is 20.8 Å². The molecule has 6 heteroatoms. The third-order valence-corrected chi connectivity index (χ3v) is 4.54. The summed E-state index contributed by atoms with van der Waals surface area (Å²) in [5, 5.41) is 11.3. The van der Waals surface area contributed by atoms with E-state index in [2.05, 4.69) is 54.5 Å². The molecule has 26 heavy (non-hydrogen) atoms. The van der Waals surface area contributed by atoms with Crippen molar-refractivity contribution in [3.8, 4) is 0 Å². The maximum atomic E-state index is 4.71. The van der Waals surface area contributed by atoms with Crippen molar-refractivity contribution in [1.29, 1.82) is 0 Å². The topological polar surface area (TPSA) is 67.1 Å². The number of aliphatic imine (C=N–C) groups is 1. The molecule has 0 bridgehead atoms. The Morgan fingerprint density at radius 2 is 2.04 bits per heavy atom. The number of guanidine groups is 1. The van der Waals surface area contributed by atoms with Gasteiger partial charge in [-0.1, -0.05) is 6.07 Å². The summed E-state index contributed by atoms with van der Waals surface area (Å²) in [6.07, 6.45) is 3.75. The summed E-state index contributed by atoms with van der Waals surface area (Å²) in [6.45, 7) is 12.0. The first kappa shape index (κ1) is 19.9. The average molecular weight is 357 g/mol. The van der Waals surface area contributed by atoms with Crippen LogP contribution < -0.4 is 10.6 Å². The summed E-state index contributed by atoms with van der Waals surface area (Å²) < 4.78 is 1.95. The quantitative estimate of drug-likeness (QED) is 0.591. The van der Waals surface area contributed by atoms with E-state index in [-0.39, 0.29) is 6.04 Å². The number of hydrogen-bond donors (Lipinski definition) is 2. The number of aryl methyl sites for hydroxylation is 3. The molecule has 0 saturated heterocycles. The molecule has 142 valence electrons. The molecule has 0 aliphatic rings. The molecule has 0 spiro atoms. The van der Waals surface area contributed by atoms with Crippen LogP contribution in [0.5, 0.6) is 0 Å². The van der Waals surface area contributed by atoms with Crippen LogP contribution in [-0.2, 0) is 19.9 Å². The standard InChI is InChI=1S/C20H32N6/c1-7-21-20(22-11-10-18-9-8-14(2)23-13-18)24-15(3)12-19-16(4)25-26(6)17(19)5/h8-9,13,15H,7,10-12H2,1-6H3,(H2,21,22,24). The Morgan fingerprint density at radius 1 is 1.27 bits per heavy atom. The van der Waals surface area contributed by atoms with Crippen molar-refractivity contribution in [2.75, 3.05) is 13.1 Å². The van der Waals surface area contributed by atoms with Crippen molar-refractivity contribution in [3.63, 3.8) is 0 Å². The van der Waals surface area contributed by atoms with Crippen molar-refractivity contribution >= 4 is 5.96 Å². The molecule has 0 amide bonds. The third-order valence-electron chi connectivity index (χ3n) is 4.54. The largest absolute Gasteiger partial charge is 0.357 e. The fourth-order valence-corrected chi connectivity index (χ4v) is 2.97. The molecule has 0 radical (unpaired) electrons. The van der Waals surface area contributed by atoms with Crippen LogP contribution in [0.2, 0.25) is 0 Å². The smallest absolute Gasteiger partial charge is 0.191 e. The monoisotopic (exact) mass is 356 g/mol. The van der Waals surface area contributed by atoms with Gasteiger partial charge in [-0.3, -0.25) is 14.7 Å². The molecular weight excluding hydrogens is 324 g/mol. The van der Waals surface area contributed by atoms with Gasteiger partial charge < -0.3 is 10.6 Å². The number of nitrogens with one attached hydrogen (secondary N) is 2. The molecule has 2 rings (SSSR count). The van der Waals surface area contributed by atoms with Gasteiger partial charge in [0.25, 0.3) is 0 Å². The lowest BCUT2D eigenvalue weighted by molar-refractivity contribution is 0.635. The van der Waals surface area contributed by atoms with Gasteiger partial charge >= 0.3 is 0 Å². The van der Waals surface area contributed by atoms with Crippen molar-refractivity contribution < 1.29 is 0 Å². The summed E-state index contributed by atoms with van der Waals surface area (Å²) in [7, 11) is 2.00. The maximum Gasteiger partial charge on any atom is 0.191 e.